The normalized spacial score (nSPS) is 20.8. The molecule has 2 atom stereocenters. The fourth-order valence-corrected chi connectivity index (χ4v) is 3.43. The third kappa shape index (κ3) is 2.73. The minimum Gasteiger partial charge on any atom is -0.364 e. The van der Waals surface area contributed by atoms with Gasteiger partial charge in [-0.15, -0.1) is 0 Å². The van der Waals surface area contributed by atoms with Crippen LogP contribution in [0.5, 0.6) is 0 Å². The topological polar surface area (TPSA) is 67.1 Å². The average molecular weight is 322 g/mol. The molecule has 24 heavy (non-hydrogen) atoms. The highest BCUT2D eigenvalue weighted by Crippen LogP contribution is 2.23. The van der Waals surface area contributed by atoms with Gasteiger partial charge in [-0.1, -0.05) is 19.9 Å². The highest BCUT2D eigenvalue weighted by atomic mass is 15.1. The fraction of sp³-hybridized carbons (Fsp3) is 0.389. The van der Waals surface area contributed by atoms with E-state index >= 15 is 0 Å². The van der Waals surface area contributed by atoms with E-state index in [-0.39, 0.29) is 0 Å². The van der Waals surface area contributed by atoms with Crippen LogP contribution < -0.4 is 10.6 Å². The molecule has 0 aromatic carbocycles. The number of aromatic nitrogens is 4. The van der Waals surface area contributed by atoms with Crippen molar-refractivity contribution in [1.82, 2.24) is 24.7 Å². The molecular weight excluding hydrogens is 300 g/mol. The Hall–Kier alpha value is -2.47. The molecule has 6 heteroatoms. The summed E-state index contributed by atoms with van der Waals surface area (Å²) in [7, 11) is 0. The Morgan fingerprint density at radius 3 is 3.00 bits per heavy atom. The summed E-state index contributed by atoms with van der Waals surface area (Å²) in [6, 6.07) is 6.34. The van der Waals surface area contributed by atoms with Gasteiger partial charge in [0.05, 0.1) is 24.3 Å². The smallest absolute Gasteiger partial charge is 0.145 e. The number of imidazole rings is 1. The van der Waals surface area contributed by atoms with Gasteiger partial charge < -0.3 is 10.6 Å². The van der Waals surface area contributed by atoms with Crippen LogP contribution in [0.3, 0.4) is 0 Å². The van der Waals surface area contributed by atoms with Crippen molar-refractivity contribution in [2.45, 2.75) is 19.9 Å². The molecule has 2 N–H and O–H groups in total. The van der Waals surface area contributed by atoms with Gasteiger partial charge in [0, 0.05) is 25.3 Å². The first kappa shape index (κ1) is 15.1. The van der Waals surface area contributed by atoms with Crippen molar-refractivity contribution >= 4 is 11.5 Å². The van der Waals surface area contributed by atoms with Gasteiger partial charge in [0.1, 0.15) is 17.2 Å². The van der Waals surface area contributed by atoms with Crippen LogP contribution in [0.15, 0.2) is 43.0 Å². The molecule has 124 valence electrons. The standard InChI is InChI=1S/C18H22N6/c1-12(2)13-7-19-8-14(13)22-17-11-20-9-15(23-17)16-10-21-18-5-3-4-6-24(16)18/h3-6,9-14,19H,7-8H2,1-2H3,(H,22,23)/t13-,14-/m0/s1. The van der Waals surface area contributed by atoms with Crippen LogP contribution >= 0.6 is 0 Å². The lowest BCUT2D eigenvalue weighted by atomic mass is 9.91. The molecule has 1 fully saturated rings. The molecule has 6 nitrogen and oxygen atoms in total. The zero-order valence-electron chi connectivity index (χ0n) is 14.0. The van der Waals surface area contributed by atoms with Gasteiger partial charge in [-0.3, -0.25) is 9.38 Å². The first-order chi connectivity index (χ1) is 11.7. The number of nitrogens with one attached hydrogen (secondary N) is 2. The maximum atomic E-state index is 4.76. The van der Waals surface area contributed by atoms with Gasteiger partial charge >= 0.3 is 0 Å². The van der Waals surface area contributed by atoms with Crippen molar-refractivity contribution in [3.8, 4) is 11.4 Å². The summed E-state index contributed by atoms with van der Waals surface area (Å²) in [5, 5.41) is 7.02. The van der Waals surface area contributed by atoms with Crippen LogP contribution in [-0.4, -0.2) is 38.5 Å². The lowest BCUT2D eigenvalue weighted by Crippen LogP contribution is -2.31. The van der Waals surface area contributed by atoms with Crippen LogP contribution in [0.1, 0.15) is 13.8 Å². The predicted molar refractivity (Wildman–Crippen MR) is 94.8 cm³/mol. The predicted octanol–water partition coefficient (Wildman–Crippen LogP) is 2.45. The molecule has 0 spiro atoms. The van der Waals surface area contributed by atoms with Crippen molar-refractivity contribution in [2.75, 3.05) is 18.4 Å². The zero-order chi connectivity index (χ0) is 16.5. The van der Waals surface area contributed by atoms with Gasteiger partial charge in [-0.2, -0.15) is 0 Å². The SMILES string of the molecule is CC(C)[C@@H]1CNC[C@@H]1Nc1cncc(-c2cnc3ccccn23)n1. The summed E-state index contributed by atoms with van der Waals surface area (Å²) in [4.78, 5) is 13.6. The molecule has 0 radical (unpaired) electrons. The monoisotopic (exact) mass is 322 g/mol. The van der Waals surface area contributed by atoms with E-state index in [0.29, 0.717) is 17.9 Å². The van der Waals surface area contributed by atoms with Gasteiger partial charge in [-0.05, 0) is 24.0 Å². The molecule has 0 aliphatic carbocycles. The Bertz CT molecular complexity index is 840. The van der Waals surface area contributed by atoms with Crippen molar-refractivity contribution in [3.05, 3.63) is 43.0 Å². The number of pyridine rings is 1. The maximum Gasteiger partial charge on any atom is 0.145 e. The van der Waals surface area contributed by atoms with E-state index in [2.05, 4.69) is 34.4 Å². The molecule has 4 rings (SSSR count). The van der Waals surface area contributed by atoms with Crippen LogP contribution in [0, 0.1) is 11.8 Å². The zero-order valence-corrected chi connectivity index (χ0v) is 14.0. The minimum absolute atomic E-state index is 0.386. The van der Waals surface area contributed by atoms with Crippen molar-refractivity contribution in [1.29, 1.82) is 0 Å². The molecule has 3 aromatic heterocycles. The third-order valence-electron chi connectivity index (χ3n) is 4.76. The van der Waals surface area contributed by atoms with E-state index in [9.17, 15) is 0 Å². The number of nitrogens with zero attached hydrogens (tertiary/aromatic N) is 4. The molecule has 0 bridgehead atoms. The molecule has 1 aliphatic heterocycles. The van der Waals surface area contributed by atoms with E-state index in [1.807, 2.05) is 35.0 Å². The lowest BCUT2D eigenvalue weighted by molar-refractivity contribution is 0.394. The highest BCUT2D eigenvalue weighted by molar-refractivity contribution is 5.60. The molecule has 0 unspecified atom stereocenters. The first-order valence-corrected chi connectivity index (χ1v) is 8.44. The van der Waals surface area contributed by atoms with Crippen LogP contribution in [-0.2, 0) is 0 Å². The Labute approximate surface area is 141 Å². The largest absolute Gasteiger partial charge is 0.364 e. The summed E-state index contributed by atoms with van der Waals surface area (Å²) >= 11 is 0. The Balaban J connectivity index is 1.62. The Morgan fingerprint density at radius 2 is 2.12 bits per heavy atom. The van der Waals surface area contributed by atoms with Gasteiger partial charge in [0.25, 0.3) is 0 Å². The average Bonchev–Trinajstić information content (AvgIpc) is 3.21. The van der Waals surface area contributed by atoms with E-state index in [0.717, 1.165) is 35.9 Å². The second-order valence-electron chi connectivity index (χ2n) is 6.68. The number of hydrogen-bond acceptors (Lipinski definition) is 5. The van der Waals surface area contributed by atoms with Crippen molar-refractivity contribution in [2.24, 2.45) is 11.8 Å². The molecule has 0 saturated carbocycles. The first-order valence-electron chi connectivity index (χ1n) is 8.44. The minimum atomic E-state index is 0.386. The summed E-state index contributed by atoms with van der Waals surface area (Å²) in [6.45, 7) is 6.56. The number of hydrogen-bond donors (Lipinski definition) is 2. The van der Waals surface area contributed by atoms with E-state index in [4.69, 9.17) is 4.98 Å². The summed E-state index contributed by atoms with van der Waals surface area (Å²) in [5.74, 6) is 2.05. The summed E-state index contributed by atoms with van der Waals surface area (Å²) in [6.07, 6.45) is 7.42. The highest BCUT2D eigenvalue weighted by Gasteiger charge is 2.29. The molecular formula is C18H22N6. The van der Waals surface area contributed by atoms with E-state index in [1.54, 1.807) is 12.4 Å². The molecule has 3 aromatic rings. The lowest BCUT2D eigenvalue weighted by Gasteiger charge is -2.23. The Morgan fingerprint density at radius 1 is 1.21 bits per heavy atom. The second-order valence-corrected chi connectivity index (χ2v) is 6.68. The van der Waals surface area contributed by atoms with Crippen molar-refractivity contribution < 1.29 is 0 Å². The van der Waals surface area contributed by atoms with Crippen molar-refractivity contribution in [3.63, 3.8) is 0 Å². The number of rotatable bonds is 4. The van der Waals surface area contributed by atoms with Gasteiger partial charge in [-0.25, -0.2) is 9.97 Å². The number of anilines is 1. The summed E-state index contributed by atoms with van der Waals surface area (Å²) in [5.41, 5.74) is 2.69. The molecule has 1 saturated heterocycles. The van der Waals surface area contributed by atoms with Crippen LogP contribution in [0.2, 0.25) is 0 Å². The van der Waals surface area contributed by atoms with Crippen LogP contribution in [0.4, 0.5) is 5.82 Å². The van der Waals surface area contributed by atoms with Crippen LogP contribution in [0.25, 0.3) is 17.0 Å². The number of fused-ring (bicyclic) bond motifs is 1. The molecule has 1 aliphatic rings. The van der Waals surface area contributed by atoms with Gasteiger partial charge in [0.15, 0.2) is 0 Å². The van der Waals surface area contributed by atoms with E-state index in [1.165, 1.54) is 0 Å². The molecule has 0 amide bonds. The Kier molecular flexibility index (Phi) is 3.90. The van der Waals surface area contributed by atoms with E-state index < -0.39 is 0 Å². The summed E-state index contributed by atoms with van der Waals surface area (Å²) < 4.78 is 2.03. The maximum absolute atomic E-state index is 4.76. The second kappa shape index (κ2) is 6.20. The quantitative estimate of drug-likeness (QED) is 0.772. The molecule has 4 heterocycles. The fourth-order valence-electron chi connectivity index (χ4n) is 3.43. The van der Waals surface area contributed by atoms with Gasteiger partial charge in [0.2, 0.25) is 0 Å². The third-order valence-corrected chi connectivity index (χ3v) is 4.76.